The van der Waals surface area contributed by atoms with Gasteiger partial charge in [-0.3, -0.25) is 4.79 Å². The van der Waals surface area contributed by atoms with E-state index in [1.165, 1.54) is 6.20 Å². The third kappa shape index (κ3) is 2.35. The lowest BCUT2D eigenvalue weighted by Gasteiger charge is -2.13. The summed E-state index contributed by atoms with van der Waals surface area (Å²) >= 11 is 0. The first-order chi connectivity index (χ1) is 8.22. The van der Waals surface area contributed by atoms with Gasteiger partial charge in [0.25, 0.3) is 5.91 Å². The number of hydrogen-bond acceptors (Lipinski definition) is 4. The molecule has 17 heavy (non-hydrogen) atoms. The van der Waals surface area contributed by atoms with Crippen LogP contribution in [0.3, 0.4) is 0 Å². The lowest BCUT2D eigenvalue weighted by atomic mass is 10.2. The van der Waals surface area contributed by atoms with Gasteiger partial charge in [-0.15, -0.1) is 0 Å². The minimum atomic E-state index is -0.275. The Morgan fingerprint density at radius 1 is 1.65 bits per heavy atom. The highest BCUT2D eigenvalue weighted by molar-refractivity contribution is 5.92. The molecule has 0 saturated heterocycles. The zero-order valence-corrected chi connectivity index (χ0v) is 9.73. The van der Waals surface area contributed by atoms with Crippen molar-refractivity contribution in [3.05, 3.63) is 35.7 Å². The third-order valence-corrected chi connectivity index (χ3v) is 2.52. The van der Waals surface area contributed by atoms with Gasteiger partial charge in [0.05, 0.1) is 12.2 Å². The lowest BCUT2D eigenvalue weighted by molar-refractivity contribution is 0.0895. The number of aromatic nitrogens is 3. The van der Waals surface area contributed by atoms with Crippen molar-refractivity contribution in [3.63, 3.8) is 0 Å². The fourth-order valence-corrected chi connectivity index (χ4v) is 1.56. The molecule has 1 unspecified atom stereocenters. The van der Waals surface area contributed by atoms with Crippen molar-refractivity contribution >= 4 is 5.91 Å². The van der Waals surface area contributed by atoms with Gasteiger partial charge in [-0.2, -0.15) is 0 Å². The Kier molecular flexibility index (Phi) is 3.22. The summed E-state index contributed by atoms with van der Waals surface area (Å²) < 4.78 is 4.90. The van der Waals surface area contributed by atoms with Crippen molar-refractivity contribution in [3.8, 4) is 0 Å². The second-order valence-electron chi connectivity index (χ2n) is 3.75. The highest BCUT2D eigenvalue weighted by atomic mass is 16.5. The van der Waals surface area contributed by atoms with Crippen molar-refractivity contribution in [2.75, 3.05) is 0 Å². The number of imidazole rings is 1. The van der Waals surface area contributed by atoms with Gasteiger partial charge in [0, 0.05) is 18.0 Å². The summed E-state index contributed by atoms with van der Waals surface area (Å²) in [5.41, 5.74) is 0.719. The molecule has 90 valence electrons. The summed E-state index contributed by atoms with van der Waals surface area (Å²) in [5, 5.41) is 6.43. The molecule has 1 amide bonds. The molecule has 0 saturated carbocycles. The minimum Gasteiger partial charge on any atom is -0.351 e. The van der Waals surface area contributed by atoms with Gasteiger partial charge >= 0.3 is 0 Å². The number of nitrogens with zero attached hydrogens (tertiary/aromatic N) is 2. The van der Waals surface area contributed by atoms with Crippen LogP contribution in [0.4, 0.5) is 0 Å². The molecule has 2 rings (SSSR count). The van der Waals surface area contributed by atoms with E-state index in [1.807, 2.05) is 6.92 Å². The van der Waals surface area contributed by atoms with Crippen molar-refractivity contribution in [2.24, 2.45) is 0 Å². The Bertz CT molecular complexity index is 489. The molecule has 0 aliphatic carbocycles. The second-order valence-corrected chi connectivity index (χ2v) is 3.75. The van der Waals surface area contributed by atoms with Crippen LogP contribution in [0.15, 0.2) is 23.1 Å². The van der Waals surface area contributed by atoms with Gasteiger partial charge in [-0.25, -0.2) is 4.98 Å². The van der Waals surface area contributed by atoms with E-state index in [4.69, 9.17) is 4.52 Å². The van der Waals surface area contributed by atoms with E-state index >= 15 is 0 Å². The fourth-order valence-electron chi connectivity index (χ4n) is 1.56. The molecule has 2 heterocycles. The van der Waals surface area contributed by atoms with E-state index in [0.29, 0.717) is 0 Å². The number of amides is 1. The molecule has 0 aromatic carbocycles. The van der Waals surface area contributed by atoms with Crippen LogP contribution in [0, 0.1) is 6.92 Å². The predicted octanol–water partition coefficient (Wildman–Crippen LogP) is 1.59. The van der Waals surface area contributed by atoms with Gasteiger partial charge in [0.15, 0.2) is 0 Å². The van der Waals surface area contributed by atoms with Gasteiger partial charge in [0.1, 0.15) is 5.82 Å². The lowest BCUT2D eigenvalue weighted by Crippen LogP contribution is -2.29. The Labute approximate surface area is 98.4 Å². The van der Waals surface area contributed by atoms with Crippen LogP contribution in [0.1, 0.15) is 41.3 Å². The van der Waals surface area contributed by atoms with Crippen LogP contribution in [-0.2, 0) is 0 Å². The number of rotatable bonds is 4. The summed E-state index contributed by atoms with van der Waals surface area (Å²) in [7, 11) is 0. The van der Waals surface area contributed by atoms with Gasteiger partial charge in [-0.1, -0.05) is 12.1 Å². The van der Waals surface area contributed by atoms with Crippen LogP contribution in [0.2, 0.25) is 0 Å². The van der Waals surface area contributed by atoms with Gasteiger partial charge < -0.3 is 14.8 Å². The Balaban J connectivity index is 2.10. The standard InChI is InChI=1S/C11H14N4O2/c1-3-8(10-12-4-5-13-10)15-11(16)9-7(2)6-14-17-9/h4-6,8H,3H2,1-2H3,(H,12,13)(H,15,16). The number of carbonyl (C=O) groups excluding carboxylic acids is 1. The first-order valence-electron chi connectivity index (χ1n) is 5.43. The van der Waals surface area contributed by atoms with E-state index < -0.39 is 0 Å². The molecule has 6 nitrogen and oxygen atoms in total. The molecule has 2 aromatic heterocycles. The largest absolute Gasteiger partial charge is 0.351 e. The number of carbonyl (C=O) groups is 1. The summed E-state index contributed by atoms with van der Waals surface area (Å²) in [5.74, 6) is 0.705. The zero-order valence-electron chi connectivity index (χ0n) is 9.73. The quantitative estimate of drug-likeness (QED) is 0.841. The van der Waals surface area contributed by atoms with Crippen molar-refractivity contribution in [2.45, 2.75) is 26.3 Å². The maximum atomic E-state index is 11.9. The van der Waals surface area contributed by atoms with Gasteiger partial charge in [0.2, 0.25) is 5.76 Å². The predicted molar refractivity (Wildman–Crippen MR) is 60.3 cm³/mol. The first kappa shape index (κ1) is 11.4. The van der Waals surface area contributed by atoms with E-state index in [0.717, 1.165) is 17.8 Å². The van der Waals surface area contributed by atoms with E-state index in [-0.39, 0.29) is 17.7 Å². The topological polar surface area (TPSA) is 83.8 Å². The van der Waals surface area contributed by atoms with Crippen molar-refractivity contribution < 1.29 is 9.32 Å². The summed E-state index contributed by atoms with van der Waals surface area (Å²) in [6, 6.07) is -0.151. The van der Waals surface area contributed by atoms with E-state index in [2.05, 4.69) is 20.4 Å². The number of nitrogens with one attached hydrogen (secondary N) is 2. The average molecular weight is 234 g/mol. The Hall–Kier alpha value is -2.11. The highest BCUT2D eigenvalue weighted by Gasteiger charge is 2.19. The molecule has 2 aromatic rings. The average Bonchev–Trinajstić information content (AvgIpc) is 2.96. The molecule has 0 fully saturated rings. The molecule has 0 spiro atoms. The third-order valence-electron chi connectivity index (χ3n) is 2.52. The highest BCUT2D eigenvalue weighted by Crippen LogP contribution is 2.13. The number of aryl methyl sites for hydroxylation is 1. The maximum absolute atomic E-state index is 11.9. The first-order valence-corrected chi connectivity index (χ1v) is 5.43. The Morgan fingerprint density at radius 2 is 2.47 bits per heavy atom. The summed E-state index contributed by atoms with van der Waals surface area (Å²) in [6.45, 7) is 3.75. The van der Waals surface area contributed by atoms with Crippen LogP contribution < -0.4 is 5.32 Å². The molecule has 0 aliphatic rings. The fraction of sp³-hybridized carbons (Fsp3) is 0.364. The van der Waals surface area contributed by atoms with Crippen LogP contribution >= 0.6 is 0 Å². The molecule has 0 aliphatic heterocycles. The maximum Gasteiger partial charge on any atom is 0.290 e. The summed E-state index contributed by atoms with van der Waals surface area (Å²) in [4.78, 5) is 19.0. The number of H-pyrrole nitrogens is 1. The van der Waals surface area contributed by atoms with Crippen LogP contribution in [-0.4, -0.2) is 21.0 Å². The molecule has 6 heteroatoms. The molecule has 0 radical (unpaired) electrons. The minimum absolute atomic E-state index is 0.151. The summed E-state index contributed by atoms with van der Waals surface area (Å²) in [6.07, 6.45) is 5.64. The second kappa shape index (κ2) is 4.82. The van der Waals surface area contributed by atoms with Gasteiger partial charge in [-0.05, 0) is 13.3 Å². The molecule has 2 N–H and O–H groups in total. The Morgan fingerprint density at radius 3 is 3.00 bits per heavy atom. The SMILES string of the molecule is CCC(NC(=O)c1oncc1C)c1ncc[nH]1. The van der Waals surface area contributed by atoms with Crippen molar-refractivity contribution in [1.29, 1.82) is 0 Å². The molecular formula is C11H14N4O2. The normalized spacial score (nSPS) is 12.4. The molecule has 1 atom stereocenters. The van der Waals surface area contributed by atoms with Crippen LogP contribution in [0.25, 0.3) is 0 Å². The van der Waals surface area contributed by atoms with E-state index in [9.17, 15) is 4.79 Å². The van der Waals surface area contributed by atoms with Crippen LogP contribution in [0.5, 0.6) is 0 Å². The molecular weight excluding hydrogens is 220 g/mol. The monoisotopic (exact) mass is 234 g/mol. The number of hydrogen-bond donors (Lipinski definition) is 2. The number of aromatic amines is 1. The zero-order chi connectivity index (χ0) is 12.3. The van der Waals surface area contributed by atoms with Crippen molar-refractivity contribution in [1.82, 2.24) is 20.4 Å². The molecule has 0 bridgehead atoms. The van der Waals surface area contributed by atoms with E-state index in [1.54, 1.807) is 19.3 Å². The smallest absolute Gasteiger partial charge is 0.290 e.